The number of amides is 1. The van der Waals surface area contributed by atoms with Crippen LogP contribution in [-0.2, 0) is 4.79 Å². The minimum absolute atomic E-state index is 0.240. The van der Waals surface area contributed by atoms with Gasteiger partial charge in [0, 0.05) is 25.2 Å². The summed E-state index contributed by atoms with van der Waals surface area (Å²) in [5, 5.41) is 0. The van der Waals surface area contributed by atoms with Crippen molar-refractivity contribution in [3.63, 3.8) is 0 Å². The number of carbonyl (C=O) groups excluding carboxylic acids is 1. The molecule has 1 heterocycles. The molecule has 96 valence electrons. The lowest BCUT2D eigenvalue weighted by Crippen LogP contribution is -2.34. The molecule has 0 radical (unpaired) electrons. The Morgan fingerprint density at radius 1 is 1.33 bits per heavy atom. The van der Waals surface area contributed by atoms with Crippen LogP contribution >= 0.6 is 0 Å². The first kappa shape index (κ1) is 12.7. The van der Waals surface area contributed by atoms with Crippen LogP contribution in [0.2, 0.25) is 0 Å². The maximum atomic E-state index is 12.1. The van der Waals surface area contributed by atoms with Crippen LogP contribution in [0.25, 0.3) is 0 Å². The average molecular weight is 244 g/mol. The molecular weight excluding hydrogens is 224 g/mol. The zero-order valence-corrected chi connectivity index (χ0v) is 10.8. The molecule has 0 aliphatic carbocycles. The number of nitrogen functional groups attached to an aromatic ring is 1. The molecule has 1 aromatic rings. The van der Waals surface area contributed by atoms with Gasteiger partial charge in [-0.25, -0.2) is 0 Å². The molecule has 1 aliphatic rings. The van der Waals surface area contributed by atoms with E-state index in [0.717, 1.165) is 25.2 Å². The third-order valence-electron chi connectivity index (χ3n) is 3.40. The second-order valence-corrected chi connectivity index (χ2v) is 4.87. The molecule has 1 aromatic carbocycles. The second kappa shape index (κ2) is 5.71. The van der Waals surface area contributed by atoms with Gasteiger partial charge in [0.15, 0.2) is 0 Å². The zero-order chi connectivity index (χ0) is 13.0. The lowest BCUT2D eigenvalue weighted by molar-refractivity contribution is -0.131. The summed E-state index contributed by atoms with van der Waals surface area (Å²) in [6, 6.07) is 7.78. The largest absolute Gasteiger partial charge is 0.399 e. The summed E-state index contributed by atoms with van der Waals surface area (Å²) in [6.07, 6.45) is 5.74. The molecule has 3 heteroatoms. The molecule has 0 bridgehead atoms. The van der Waals surface area contributed by atoms with E-state index in [0.29, 0.717) is 6.42 Å². The number of nitrogens with two attached hydrogens (primary N) is 1. The van der Waals surface area contributed by atoms with Crippen LogP contribution in [0.1, 0.15) is 31.2 Å². The molecule has 1 atom stereocenters. The number of hydrogen-bond acceptors (Lipinski definition) is 2. The van der Waals surface area contributed by atoms with Gasteiger partial charge in [0.25, 0.3) is 0 Å². The smallest absolute Gasteiger partial charge is 0.223 e. The van der Waals surface area contributed by atoms with Crippen LogP contribution in [0, 0.1) is 0 Å². The van der Waals surface area contributed by atoms with Crippen LogP contribution in [0.4, 0.5) is 5.69 Å². The Morgan fingerprint density at radius 2 is 2.06 bits per heavy atom. The Kier molecular flexibility index (Phi) is 4.03. The van der Waals surface area contributed by atoms with Crippen molar-refractivity contribution in [2.45, 2.75) is 25.7 Å². The van der Waals surface area contributed by atoms with E-state index in [9.17, 15) is 4.79 Å². The average Bonchev–Trinajstić information content (AvgIpc) is 2.40. The fourth-order valence-corrected chi connectivity index (χ4v) is 2.20. The van der Waals surface area contributed by atoms with Crippen molar-refractivity contribution < 1.29 is 4.79 Å². The van der Waals surface area contributed by atoms with Gasteiger partial charge in [-0.05, 0) is 30.0 Å². The zero-order valence-electron chi connectivity index (χ0n) is 10.8. The molecular formula is C15H20N2O. The molecule has 1 aliphatic heterocycles. The Morgan fingerprint density at radius 3 is 2.67 bits per heavy atom. The third kappa shape index (κ3) is 3.13. The van der Waals surface area contributed by atoms with Crippen molar-refractivity contribution in [3.8, 4) is 0 Å². The van der Waals surface area contributed by atoms with Crippen LogP contribution < -0.4 is 5.73 Å². The van der Waals surface area contributed by atoms with E-state index < -0.39 is 0 Å². The fraction of sp³-hybridized carbons (Fsp3) is 0.400. The van der Waals surface area contributed by atoms with Gasteiger partial charge in [-0.1, -0.05) is 31.2 Å². The maximum absolute atomic E-state index is 12.1. The molecule has 0 aromatic heterocycles. The molecule has 3 nitrogen and oxygen atoms in total. The fourth-order valence-electron chi connectivity index (χ4n) is 2.20. The summed E-state index contributed by atoms with van der Waals surface area (Å²) in [6.45, 7) is 3.69. The van der Waals surface area contributed by atoms with Gasteiger partial charge in [0.1, 0.15) is 0 Å². The third-order valence-corrected chi connectivity index (χ3v) is 3.40. The highest BCUT2D eigenvalue weighted by Crippen LogP contribution is 2.21. The van der Waals surface area contributed by atoms with Crippen molar-refractivity contribution in [2.75, 3.05) is 18.8 Å². The van der Waals surface area contributed by atoms with E-state index >= 15 is 0 Å². The highest BCUT2D eigenvalue weighted by molar-refractivity contribution is 5.77. The Hall–Kier alpha value is -1.77. The molecule has 18 heavy (non-hydrogen) atoms. The predicted molar refractivity (Wildman–Crippen MR) is 74.2 cm³/mol. The SMILES string of the molecule is CC(CC(=O)N1CC=CCC1)c1ccc(N)cc1. The van der Waals surface area contributed by atoms with Gasteiger partial charge in [-0.2, -0.15) is 0 Å². The molecule has 0 saturated heterocycles. The molecule has 2 rings (SSSR count). The first-order valence-corrected chi connectivity index (χ1v) is 6.45. The summed E-state index contributed by atoms with van der Waals surface area (Å²) in [5.74, 6) is 0.479. The number of carbonyl (C=O) groups is 1. The molecule has 2 N–H and O–H groups in total. The maximum Gasteiger partial charge on any atom is 0.223 e. The Labute approximate surface area is 108 Å². The van der Waals surface area contributed by atoms with Crippen LogP contribution in [0.15, 0.2) is 36.4 Å². The minimum Gasteiger partial charge on any atom is -0.399 e. The molecule has 0 fully saturated rings. The monoisotopic (exact) mass is 244 g/mol. The van der Waals surface area contributed by atoms with Gasteiger partial charge in [0.05, 0.1) is 0 Å². The standard InChI is InChI=1S/C15H20N2O/c1-12(13-5-7-14(16)8-6-13)11-15(18)17-9-3-2-4-10-17/h2-3,5-8,12H,4,9-11,16H2,1H3. The number of hydrogen-bond donors (Lipinski definition) is 1. The summed E-state index contributed by atoms with van der Waals surface area (Å²) >= 11 is 0. The summed E-state index contributed by atoms with van der Waals surface area (Å²) in [4.78, 5) is 14.0. The molecule has 1 amide bonds. The Bertz CT molecular complexity index is 436. The van der Waals surface area contributed by atoms with E-state index in [-0.39, 0.29) is 11.8 Å². The van der Waals surface area contributed by atoms with Gasteiger partial charge in [-0.15, -0.1) is 0 Å². The van der Waals surface area contributed by atoms with Crippen molar-refractivity contribution in [3.05, 3.63) is 42.0 Å². The Balaban J connectivity index is 1.94. The van der Waals surface area contributed by atoms with Crippen molar-refractivity contribution >= 4 is 11.6 Å². The number of nitrogens with zero attached hydrogens (tertiary/aromatic N) is 1. The molecule has 0 spiro atoms. The highest BCUT2D eigenvalue weighted by Gasteiger charge is 2.17. The number of anilines is 1. The topological polar surface area (TPSA) is 46.3 Å². The van der Waals surface area contributed by atoms with E-state index in [2.05, 4.69) is 19.1 Å². The van der Waals surface area contributed by atoms with Gasteiger partial charge in [0.2, 0.25) is 5.91 Å². The van der Waals surface area contributed by atoms with E-state index in [4.69, 9.17) is 5.73 Å². The normalized spacial score (nSPS) is 16.6. The van der Waals surface area contributed by atoms with E-state index in [1.165, 1.54) is 5.56 Å². The predicted octanol–water partition coefficient (Wildman–Crippen LogP) is 2.55. The van der Waals surface area contributed by atoms with Gasteiger partial charge >= 0.3 is 0 Å². The van der Waals surface area contributed by atoms with Gasteiger partial charge in [-0.3, -0.25) is 4.79 Å². The molecule has 1 unspecified atom stereocenters. The van der Waals surface area contributed by atoms with Crippen LogP contribution in [0.5, 0.6) is 0 Å². The number of rotatable bonds is 3. The van der Waals surface area contributed by atoms with Crippen molar-refractivity contribution in [1.82, 2.24) is 4.90 Å². The quantitative estimate of drug-likeness (QED) is 0.656. The van der Waals surface area contributed by atoms with Crippen molar-refractivity contribution in [2.24, 2.45) is 0 Å². The second-order valence-electron chi connectivity index (χ2n) is 4.87. The summed E-state index contributed by atoms with van der Waals surface area (Å²) < 4.78 is 0. The first-order valence-electron chi connectivity index (χ1n) is 6.45. The van der Waals surface area contributed by atoms with Crippen molar-refractivity contribution in [1.29, 1.82) is 0 Å². The minimum atomic E-state index is 0.240. The van der Waals surface area contributed by atoms with E-state index in [1.54, 1.807) is 0 Å². The first-order chi connectivity index (χ1) is 8.66. The lowest BCUT2D eigenvalue weighted by atomic mass is 9.97. The van der Waals surface area contributed by atoms with Crippen LogP contribution in [-0.4, -0.2) is 23.9 Å². The van der Waals surface area contributed by atoms with Gasteiger partial charge < -0.3 is 10.6 Å². The van der Waals surface area contributed by atoms with E-state index in [1.807, 2.05) is 29.2 Å². The summed E-state index contributed by atoms with van der Waals surface area (Å²) in [7, 11) is 0. The summed E-state index contributed by atoms with van der Waals surface area (Å²) in [5.41, 5.74) is 7.60. The highest BCUT2D eigenvalue weighted by atomic mass is 16.2. The molecule has 0 saturated carbocycles. The lowest BCUT2D eigenvalue weighted by Gasteiger charge is -2.25. The van der Waals surface area contributed by atoms with Crippen LogP contribution in [0.3, 0.4) is 0 Å². The number of benzene rings is 1.